The summed E-state index contributed by atoms with van der Waals surface area (Å²) in [5.41, 5.74) is 3.70. The van der Waals surface area contributed by atoms with Crippen LogP contribution < -0.4 is 10.1 Å². The van der Waals surface area contributed by atoms with Gasteiger partial charge < -0.3 is 10.1 Å². The van der Waals surface area contributed by atoms with Gasteiger partial charge in [0.15, 0.2) is 0 Å². The van der Waals surface area contributed by atoms with E-state index in [4.69, 9.17) is 16.3 Å². The summed E-state index contributed by atoms with van der Waals surface area (Å²) < 4.78 is 5.15. The molecule has 1 N–H and O–H groups in total. The van der Waals surface area contributed by atoms with Gasteiger partial charge in [-0.25, -0.2) is 0 Å². The predicted octanol–water partition coefficient (Wildman–Crippen LogP) is 4.48. The van der Waals surface area contributed by atoms with Crippen molar-refractivity contribution in [2.24, 2.45) is 0 Å². The predicted molar refractivity (Wildman–Crippen MR) is 85.8 cm³/mol. The van der Waals surface area contributed by atoms with E-state index in [1.807, 2.05) is 12.1 Å². The van der Waals surface area contributed by atoms with E-state index in [0.29, 0.717) is 5.88 Å². The van der Waals surface area contributed by atoms with Crippen LogP contribution in [0.25, 0.3) is 0 Å². The standard InChI is InChI=1S/C17H20ClNO/c1-20-17-9-7-15(8-10-17)13-19-16-6-2-4-14(12-16)5-3-11-18/h2,4,6-10,12,19H,3,5,11,13H2,1H3. The van der Waals surface area contributed by atoms with Crippen LogP contribution in [0, 0.1) is 0 Å². The smallest absolute Gasteiger partial charge is 0.118 e. The number of alkyl halides is 1. The normalized spacial score (nSPS) is 10.3. The van der Waals surface area contributed by atoms with E-state index in [1.165, 1.54) is 11.1 Å². The van der Waals surface area contributed by atoms with Crippen molar-refractivity contribution >= 4 is 17.3 Å². The Balaban J connectivity index is 1.92. The van der Waals surface area contributed by atoms with Crippen LogP contribution in [-0.4, -0.2) is 13.0 Å². The Bertz CT molecular complexity index is 525. The second-order valence-corrected chi connectivity index (χ2v) is 5.07. The van der Waals surface area contributed by atoms with Crippen molar-refractivity contribution in [2.75, 3.05) is 18.3 Å². The van der Waals surface area contributed by atoms with Crippen molar-refractivity contribution in [3.63, 3.8) is 0 Å². The summed E-state index contributed by atoms with van der Waals surface area (Å²) in [5.74, 6) is 1.60. The van der Waals surface area contributed by atoms with Gasteiger partial charge in [0.2, 0.25) is 0 Å². The number of rotatable bonds is 7. The lowest BCUT2D eigenvalue weighted by atomic mass is 10.1. The first-order valence-electron chi connectivity index (χ1n) is 6.83. The third-order valence-corrected chi connectivity index (χ3v) is 3.45. The summed E-state index contributed by atoms with van der Waals surface area (Å²) in [6, 6.07) is 16.6. The van der Waals surface area contributed by atoms with Crippen molar-refractivity contribution in [2.45, 2.75) is 19.4 Å². The Morgan fingerprint density at radius 3 is 2.55 bits per heavy atom. The summed E-state index contributed by atoms with van der Waals surface area (Å²) in [6.45, 7) is 0.808. The Kier molecular flexibility index (Phi) is 5.75. The number of anilines is 1. The van der Waals surface area contributed by atoms with Gasteiger partial charge in [-0.05, 0) is 48.2 Å². The summed E-state index contributed by atoms with van der Waals surface area (Å²) in [5, 5.41) is 3.44. The van der Waals surface area contributed by atoms with Crippen LogP contribution in [0.2, 0.25) is 0 Å². The maximum atomic E-state index is 5.73. The highest BCUT2D eigenvalue weighted by Crippen LogP contribution is 2.15. The first-order valence-corrected chi connectivity index (χ1v) is 7.37. The maximum absolute atomic E-state index is 5.73. The number of ether oxygens (including phenoxy) is 1. The molecule has 0 unspecified atom stereocenters. The third kappa shape index (κ3) is 4.46. The molecule has 2 aromatic carbocycles. The second-order valence-electron chi connectivity index (χ2n) is 4.69. The van der Waals surface area contributed by atoms with Crippen LogP contribution in [0.5, 0.6) is 5.75 Å². The quantitative estimate of drug-likeness (QED) is 0.759. The van der Waals surface area contributed by atoms with E-state index in [0.717, 1.165) is 30.8 Å². The molecule has 0 heterocycles. The Morgan fingerprint density at radius 1 is 1.05 bits per heavy atom. The lowest BCUT2D eigenvalue weighted by Crippen LogP contribution is -2.00. The highest BCUT2D eigenvalue weighted by Gasteiger charge is 1.98. The van der Waals surface area contributed by atoms with Gasteiger partial charge in [0.25, 0.3) is 0 Å². The monoisotopic (exact) mass is 289 g/mol. The van der Waals surface area contributed by atoms with Gasteiger partial charge in [-0.15, -0.1) is 11.6 Å². The molecular weight excluding hydrogens is 270 g/mol. The Labute approximate surface area is 125 Å². The molecule has 2 nitrogen and oxygen atoms in total. The molecule has 3 heteroatoms. The number of aryl methyl sites for hydroxylation is 1. The van der Waals surface area contributed by atoms with Gasteiger partial charge in [-0.1, -0.05) is 24.3 Å². The molecule has 0 spiro atoms. The highest BCUT2D eigenvalue weighted by atomic mass is 35.5. The van der Waals surface area contributed by atoms with Crippen molar-refractivity contribution < 1.29 is 4.74 Å². The lowest BCUT2D eigenvalue weighted by Gasteiger charge is -2.09. The molecule has 0 saturated carbocycles. The van der Waals surface area contributed by atoms with Gasteiger partial charge in [-0.3, -0.25) is 0 Å². The van der Waals surface area contributed by atoms with Crippen LogP contribution in [0.15, 0.2) is 48.5 Å². The minimum atomic E-state index is 0.712. The Morgan fingerprint density at radius 2 is 1.85 bits per heavy atom. The molecular formula is C17H20ClNO. The largest absolute Gasteiger partial charge is 0.497 e. The molecule has 0 saturated heterocycles. The number of hydrogen-bond acceptors (Lipinski definition) is 2. The molecule has 0 aliphatic carbocycles. The Hall–Kier alpha value is -1.67. The molecule has 0 aromatic heterocycles. The molecule has 2 aromatic rings. The van der Waals surface area contributed by atoms with Crippen LogP contribution >= 0.6 is 11.6 Å². The third-order valence-electron chi connectivity index (χ3n) is 3.18. The minimum absolute atomic E-state index is 0.712. The summed E-state index contributed by atoms with van der Waals surface area (Å²) in [4.78, 5) is 0. The topological polar surface area (TPSA) is 21.3 Å². The van der Waals surface area contributed by atoms with E-state index in [9.17, 15) is 0 Å². The second kappa shape index (κ2) is 7.81. The molecule has 0 radical (unpaired) electrons. The number of methoxy groups -OCH3 is 1. The average molecular weight is 290 g/mol. The van der Waals surface area contributed by atoms with Crippen LogP contribution in [0.3, 0.4) is 0 Å². The molecule has 0 fully saturated rings. The van der Waals surface area contributed by atoms with E-state index >= 15 is 0 Å². The number of nitrogens with one attached hydrogen (secondary N) is 1. The van der Waals surface area contributed by atoms with Crippen molar-refractivity contribution in [3.8, 4) is 5.75 Å². The fourth-order valence-corrected chi connectivity index (χ4v) is 2.19. The first kappa shape index (κ1) is 14.7. The zero-order valence-electron chi connectivity index (χ0n) is 11.7. The number of benzene rings is 2. The molecule has 106 valence electrons. The number of halogens is 1. The van der Waals surface area contributed by atoms with Crippen LogP contribution in [0.4, 0.5) is 5.69 Å². The van der Waals surface area contributed by atoms with Gasteiger partial charge in [0, 0.05) is 18.1 Å². The minimum Gasteiger partial charge on any atom is -0.497 e. The van der Waals surface area contributed by atoms with Crippen LogP contribution in [0.1, 0.15) is 17.5 Å². The fourth-order valence-electron chi connectivity index (χ4n) is 2.06. The zero-order chi connectivity index (χ0) is 14.2. The van der Waals surface area contributed by atoms with E-state index in [1.54, 1.807) is 7.11 Å². The van der Waals surface area contributed by atoms with E-state index in [2.05, 4.69) is 41.7 Å². The molecule has 0 aliphatic heterocycles. The highest BCUT2D eigenvalue weighted by molar-refractivity contribution is 6.17. The lowest BCUT2D eigenvalue weighted by molar-refractivity contribution is 0.414. The van der Waals surface area contributed by atoms with Gasteiger partial charge >= 0.3 is 0 Å². The van der Waals surface area contributed by atoms with Crippen molar-refractivity contribution in [1.82, 2.24) is 0 Å². The maximum Gasteiger partial charge on any atom is 0.118 e. The fraction of sp³-hybridized carbons (Fsp3) is 0.294. The van der Waals surface area contributed by atoms with Crippen molar-refractivity contribution in [3.05, 3.63) is 59.7 Å². The molecule has 0 aliphatic rings. The van der Waals surface area contributed by atoms with Gasteiger partial charge in [0.05, 0.1) is 7.11 Å². The summed E-state index contributed by atoms with van der Waals surface area (Å²) in [6.07, 6.45) is 2.05. The summed E-state index contributed by atoms with van der Waals surface area (Å²) >= 11 is 5.73. The average Bonchev–Trinajstić information content (AvgIpc) is 2.52. The first-order chi connectivity index (χ1) is 9.81. The SMILES string of the molecule is COc1ccc(CNc2cccc(CCCCl)c2)cc1. The summed E-state index contributed by atoms with van der Waals surface area (Å²) in [7, 11) is 1.68. The van der Waals surface area contributed by atoms with Gasteiger partial charge in [-0.2, -0.15) is 0 Å². The van der Waals surface area contributed by atoms with Crippen molar-refractivity contribution in [1.29, 1.82) is 0 Å². The molecule has 0 bridgehead atoms. The molecule has 2 rings (SSSR count). The van der Waals surface area contributed by atoms with E-state index < -0.39 is 0 Å². The van der Waals surface area contributed by atoms with Gasteiger partial charge in [0.1, 0.15) is 5.75 Å². The molecule has 0 atom stereocenters. The molecule has 0 amide bonds. The van der Waals surface area contributed by atoms with E-state index in [-0.39, 0.29) is 0 Å². The van der Waals surface area contributed by atoms with Crippen LogP contribution in [-0.2, 0) is 13.0 Å². The molecule has 20 heavy (non-hydrogen) atoms. The zero-order valence-corrected chi connectivity index (χ0v) is 12.5. The number of hydrogen-bond donors (Lipinski definition) is 1.